The van der Waals surface area contributed by atoms with E-state index >= 15 is 0 Å². The van der Waals surface area contributed by atoms with E-state index < -0.39 is 33.3 Å². The Hall–Kier alpha value is -3.94. The van der Waals surface area contributed by atoms with Crippen molar-refractivity contribution in [3.05, 3.63) is 80.8 Å². The third kappa shape index (κ3) is 4.89. The number of pyridine rings is 1. The van der Waals surface area contributed by atoms with Crippen molar-refractivity contribution in [3.8, 4) is 5.69 Å². The minimum absolute atomic E-state index is 0.0306. The molecule has 3 amide bonds. The van der Waals surface area contributed by atoms with E-state index in [1.807, 2.05) is 4.72 Å². The number of halogens is 2. The van der Waals surface area contributed by atoms with E-state index in [9.17, 15) is 27.2 Å². The first-order valence-corrected chi connectivity index (χ1v) is 12.7. The Labute approximate surface area is 212 Å². The van der Waals surface area contributed by atoms with E-state index in [4.69, 9.17) is 17.3 Å². The molecule has 0 aliphatic rings. The van der Waals surface area contributed by atoms with E-state index in [1.165, 1.54) is 42.6 Å². The number of carbonyl (C=O) groups is 2. The third-order valence-corrected chi connectivity index (χ3v) is 8.13. The summed E-state index contributed by atoms with van der Waals surface area (Å²) in [5, 5.41) is 5.55. The largest absolute Gasteiger partial charge is 0.386 e. The number of thiophene rings is 1. The lowest BCUT2D eigenvalue weighted by atomic mass is 10.1. The summed E-state index contributed by atoms with van der Waals surface area (Å²) < 4.78 is 41.9. The molecule has 2 heterocycles. The molecule has 0 aliphatic carbocycles. The van der Waals surface area contributed by atoms with Gasteiger partial charge in [-0.25, -0.2) is 22.3 Å². The average molecular weight is 550 g/mol. The van der Waals surface area contributed by atoms with E-state index in [0.717, 1.165) is 22.0 Å². The third-order valence-electron chi connectivity index (χ3n) is 5.08. The van der Waals surface area contributed by atoms with Crippen LogP contribution in [0.15, 0.2) is 63.7 Å². The summed E-state index contributed by atoms with van der Waals surface area (Å²) in [6.07, 6.45) is 1.41. The predicted octanol–water partition coefficient (Wildman–Crippen LogP) is 3.50. The quantitative estimate of drug-likeness (QED) is 0.289. The lowest BCUT2D eigenvalue weighted by molar-refractivity contribution is 0.1000. The van der Waals surface area contributed by atoms with Gasteiger partial charge < -0.3 is 16.4 Å². The summed E-state index contributed by atoms with van der Waals surface area (Å²) in [4.78, 5) is 37.5. The van der Waals surface area contributed by atoms with Crippen molar-refractivity contribution in [2.75, 3.05) is 17.7 Å². The number of nitrogens with zero attached hydrogens (tertiary/aromatic N) is 1. The Kier molecular flexibility index (Phi) is 6.71. The van der Waals surface area contributed by atoms with Crippen LogP contribution >= 0.6 is 22.9 Å². The van der Waals surface area contributed by atoms with Crippen molar-refractivity contribution >= 4 is 67.0 Å². The molecule has 186 valence electrons. The highest BCUT2D eigenvalue weighted by Crippen LogP contribution is 2.26. The number of anilines is 2. The van der Waals surface area contributed by atoms with Gasteiger partial charge in [0.15, 0.2) is 0 Å². The first-order valence-electron chi connectivity index (χ1n) is 10.1. The number of fused-ring (bicyclic) bond motifs is 1. The lowest BCUT2D eigenvalue weighted by Crippen LogP contribution is -2.34. The molecule has 4 aromatic rings. The van der Waals surface area contributed by atoms with Crippen LogP contribution in [0.5, 0.6) is 0 Å². The number of primary amides is 1. The van der Waals surface area contributed by atoms with E-state index in [-0.39, 0.29) is 36.6 Å². The van der Waals surface area contributed by atoms with Gasteiger partial charge in [-0.3, -0.25) is 14.2 Å². The zero-order valence-electron chi connectivity index (χ0n) is 18.3. The Morgan fingerprint density at radius 3 is 2.50 bits per heavy atom. The van der Waals surface area contributed by atoms with Crippen molar-refractivity contribution in [2.24, 2.45) is 5.73 Å². The Bertz CT molecular complexity index is 1700. The molecule has 0 saturated heterocycles. The van der Waals surface area contributed by atoms with Crippen LogP contribution in [-0.4, -0.2) is 32.0 Å². The highest BCUT2D eigenvalue weighted by atomic mass is 35.5. The zero-order valence-corrected chi connectivity index (χ0v) is 20.7. The monoisotopic (exact) mass is 549 g/mol. The molecule has 10 nitrogen and oxygen atoms in total. The fourth-order valence-corrected chi connectivity index (χ4v) is 5.83. The van der Waals surface area contributed by atoms with Gasteiger partial charge in [0.25, 0.3) is 21.5 Å². The molecular weight excluding hydrogens is 533 g/mol. The predicted molar refractivity (Wildman–Crippen MR) is 136 cm³/mol. The van der Waals surface area contributed by atoms with Crippen LogP contribution in [0.25, 0.3) is 16.5 Å². The molecule has 0 unspecified atom stereocenters. The van der Waals surface area contributed by atoms with Gasteiger partial charge in [-0.2, -0.15) is 0 Å². The number of rotatable bonds is 6. The van der Waals surface area contributed by atoms with Crippen LogP contribution in [0.3, 0.4) is 0 Å². The van der Waals surface area contributed by atoms with E-state index in [0.29, 0.717) is 5.39 Å². The summed E-state index contributed by atoms with van der Waals surface area (Å²) >= 11 is 6.51. The summed E-state index contributed by atoms with van der Waals surface area (Å²) in [6.45, 7) is 0. The zero-order chi connectivity index (χ0) is 26.2. The number of hydrogen-bond acceptors (Lipinski definition) is 7. The van der Waals surface area contributed by atoms with Crippen LogP contribution in [0, 0.1) is 5.82 Å². The van der Waals surface area contributed by atoms with Gasteiger partial charge in [0.1, 0.15) is 10.0 Å². The van der Waals surface area contributed by atoms with Crippen LogP contribution in [0.2, 0.25) is 4.34 Å². The number of aromatic nitrogens is 1. The maximum atomic E-state index is 14.3. The maximum absolute atomic E-state index is 14.3. The van der Waals surface area contributed by atoms with Gasteiger partial charge in [0.05, 0.1) is 26.7 Å². The molecule has 0 bridgehead atoms. The fraction of sp³-hybridized carbons (Fsp3) is 0.0455. The molecule has 0 radical (unpaired) electrons. The fourth-order valence-electron chi connectivity index (χ4n) is 3.44. The van der Waals surface area contributed by atoms with Gasteiger partial charge in [0, 0.05) is 18.9 Å². The highest BCUT2D eigenvalue weighted by molar-refractivity contribution is 7.92. The highest BCUT2D eigenvalue weighted by Gasteiger charge is 2.21. The Morgan fingerprint density at radius 2 is 1.86 bits per heavy atom. The van der Waals surface area contributed by atoms with Gasteiger partial charge in [-0.1, -0.05) is 11.6 Å². The van der Waals surface area contributed by atoms with Gasteiger partial charge in [-0.15, -0.1) is 11.3 Å². The standard InChI is InChI=1S/C22H17ClFN5O5S2/c1-26-16-8-11-6-7-29(21(31)13(11)10-15(16)24)17-3-2-12(9-14(17)20(25)30)27-22(32)28-36(33,34)19-5-4-18(23)35-19/h2-10,26H,1H3,(H2,25,30)(H2,27,28,32). The van der Waals surface area contributed by atoms with E-state index in [1.54, 1.807) is 13.1 Å². The normalized spacial score (nSPS) is 11.3. The summed E-state index contributed by atoms with van der Waals surface area (Å²) in [7, 11) is -2.62. The van der Waals surface area contributed by atoms with Crippen molar-refractivity contribution in [1.29, 1.82) is 0 Å². The number of hydrogen-bond donors (Lipinski definition) is 4. The van der Waals surface area contributed by atoms with Crippen molar-refractivity contribution < 1.29 is 22.4 Å². The molecule has 0 atom stereocenters. The molecule has 4 rings (SSSR count). The molecule has 2 aromatic heterocycles. The second kappa shape index (κ2) is 9.60. The number of carbonyl (C=O) groups excluding carboxylic acids is 2. The summed E-state index contributed by atoms with van der Waals surface area (Å²) in [5.74, 6) is -1.54. The van der Waals surface area contributed by atoms with E-state index in [2.05, 4.69) is 10.6 Å². The summed E-state index contributed by atoms with van der Waals surface area (Å²) in [5.41, 5.74) is 5.08. The van der Waals surface area contributed by atoms with Gasteiger partial charge in [-0.05, 0) is 53.9 Å². The SMILES string of the molecule is CNc1cc2ccn(-c3ccc(NC(=O)NS(=O)(=O)c4ccc(Cl)s4)cc3C(N)=O)c(=O)c2cc1F. The van der Waals surface area contributed by atoms with Crippen LogP contribution in [0.1, 0.15) is 10.4 Å². The maximum Gasteiger partial charge on any atom is 0.333 e. The lowest BCUT2D eigenvalue weighted by Gasteiger charge is -2.14. The second-order valence-corrected chi connectivity index (χ2v) is 11.0. The number of sulfonamides is 1. The molecule has 0 saturated carbocycles. The van der Waals surface area contributed by atoms with Crippen LogP contribution < -0.4 is 26.6 Å². The molecule has 5 N–H and O–H groups in total. The minimum Gasteiger partial charge on any atom is -0.386 e. The Morgan fingerprint density at radius 1 is 1.11 bits per heavy atom. The smallest absolute Gasteiger partial charge is 0.333 e. The first-order chi connectivity index (χ1) is 17.0. The molecule has 0 aliphatic heterocycles. The van der Waals surface area contributed by atoms with Gasteiger partial charge >= 0.3 is 6.03 Å². The molecule has 0 spiro atoms. The van der Waals surface area contributed by atoms with Gasteiger partial charge in [0.2, 0.25) is 0 Å². The first kappa shape index (κ1) is 25.2. The molecular formula is C22H17ClFN5O5S2. The Balaban J connectivity index is 1.67. The van der Waals surface area contributed by atoms with Crippen molar-refractivity contribution in [3.63, 3.8) is 0 Å². The molecule has 14 heteroatoms. The van der Waals surface area contributed by atoms with Crippen molar-refractivity contribution in [1.82, 2.24) is 9.29 Å². The van der Waals surface area contributed by atoms with Crippen LogP contribution in [-0.2, 0) is 10.0 Å². The topological polar surface area (TPSA) is 152 Å². The van der Waals surface area contributed by atoms with Crippen molar-refractivity contribution in [2.45, 2.75) is 4.21 Å². The molecule has 2 aromatic carbocycles. The van der Waals surface area contributed by atoms with Crippen LogP contribution in [0.4, 0.5) is 20.6 Å². The molecule has 0 fully saturated rings. The summed E-state index contributed by atoms with van der Waals surface area (Å²) in [6, 6.07) is 9.54. The number of nitrogens with one attached hydrogen (secondary N) is 3. The average Bonchev–Trinajstić information content (AvgIpc) is 3.26. The number of nitrogens with two attached hydrogens (primary N) is 1. The number of benzene rings is 2. The second-order valence-electron chi connectivity index (χ2n) is 7.37. The molecule has 36 heavy (non-hydrogen) atoms. The minimum atomic E-state index is -4.17. The number of amides is 3. The number of urea groups is 1.